The van der Waals surface area contributed by atoms with Crippen LogP contribution in [0.1, 0.15) is 24.0 Å². The van der Waals surface area contributed by atoms with Crippen LogP contribution in [0.15, 0.2) is 12.1 Å². The van der Waals surface area contributed by atoms with Crippen molar-refractivity contribution in [2.45, 2.75) is 19.3 Å². The Balaban J connectivity index is 3.14. The number of halogens is 2. The van der Waals surface area contributed by atoms with Crippen LogP contribution in [0.4, 0.5) is 8.78 Å². The number of ether oxygens (including phenoxy) is 1. The third kappa shape index (κ3) is 2.68. The highest BCUT2D eigenvalue weighted by molar-refractivity contribution is 5.53. The van der Waals surface area contributed by atoms with Gasteiger partial charge < -0.3 is 14.6 Å². The molecule has 0 spiro atoms. The molecule has 0 radical (unpaired) electrons. The van der Waals surface area contributed by atoms with Gasteiger partial charge in [-0.1, -0.05) is 0 Å². The zero-order valence-electron chi connectivity index (χ0n) is 8.74. The monoisotopic (exact) mass is 230 g/mol. The average Bonchev–Trinajstić information content (AvgIpc) is 2.27. The fourth-order valence-corrected chi connectivity index (χ4v) is 1.38. The second kappa shape index (κ2) is 5.44. The van der Waals surface area contributed by atoms with Crippen molar-refractivity contribution >= 4 is 6.29 Å². The van der Waals surface area contributed by atoms with Crippen molar-refractivity contribution in [3.05, 3.63) is 23.3 Å². The van der Waals surface area contributed by atoms with Crippen LogP contribution in [-0.4, -0.2) is 18.5 Å². The number of aryl methyl sites for hydroxylation is 1. The molecule has 1 aromatic rings. The van der Waals surface area contributed by atoms with E-state index < -0.39 is 17.7 Å². The molecule has 0 bridgehead atoms. The summed E-state index contributed by atoms with van der Waals surface area (Å²) in [6.45, 7) is 0. The van der Waals surface area contributed by atoms with Gasteiger partial charge in [-0.2, -0.15) is 0 Å². The SMILES string of the molecule is COc1cc(CCC=O)c(O)c(C(F)F)c1. The lowest BCUT2D eigenvalue weighted by atomic mass is 10.0. The molecule has 0 saturated heterocycles. The van der Waals surface area contributed by atoms with Gasteiger partial charge in [0, 0.05) is 6.42 Å². The van der Waals surface area contributed by atoms with Gasteiger partial charge >= 0.3 is 0 Å². The van der Waals surface area contributed by atoms with Gasteiger partial charge in [-0.15, -0.1) is 0 Å². The van der Waals surface area contributed by atoms with E-state index in [2.05, 4.69) is 0 Å². The van der Waals surface area contributed by atoms with E-state index in [4.69, 9.17) is 4.74 Å². The highest BCUT2D eigenvalue weighted by atomic mass is 19.3. The fraction of sp³-hybridized carbons (Fsp3) is 0.364. The summed E-state index contributed by atoms with van der Waals surface area (Å²) in [5.41, 5.74) is -0.179. The summed E-state index contributed by atoms with van der Waals surface area (Å²) in [5.74, 6) is -0.216. The number of hydrogen-bond donors (Lipinski definition) is 1. The summed E-state index contributed by atoms with van der Waals surface area (Å²) >= 11 is 0. The minimum atomic E-state index is -2.77. The van der Waals surface area contributed by atoms with Crippen molar-refractivity contribution in [1.29, 1.82) is 0 Å². The molecule has 0 heterocycles. The Bertz CT molecular complexity index is 378. The van der Waals surface area contributed by atoms with Crippen LogP contribution in [0, 0.1) is 0 Å². The molecular weight excluding hydrogens is 218 g/mol. The number of carbonyl (C=O) groups excluding carboxylic acids is 1. The van der Waals surface area contributed by atoms with E-state index >= 15 is 0 Å². The van der Waals surface area contributed by atoms with E-state index in [9.17, 15) is 18.7 Å². The molecule has 0 aliphatic rings. The first-order chi connectivity index (χ1) is 7.60. The van der Waals surface area contributed by atoms with E-state index in [0.717, 1.165) is 6.07 Å². The average molecular weight is 230 g/mol. The first-order valence-corrected chi connectivity index (χ1v) is 4.71. The van der Waals surface area contributed by atoms with Crippen LogP contribution in [0.2, 0.25) is 0 Å². The van der Waals surface area contributed by atoms with Crippen LogP contribution in [0.25, 0.3) is 0 Å². The third-order valence-electron chi connectivity index (χ3n) is 2.19. The molecule has 3 nitrogen and oxygen atoms in total. The predicted molar refractivity (Wildman–Crippen MR) is 54.0 cm³/mol. The van der Waals surface area contributed by atoms with Crippen LogP contribution in [0.5, 0.6) is 11.5 Å². The van der Waals surface area contributed by atoms with Crippen LogP contribution in [0.3, 0.4) is 0 Å². The molecule has 16 heavy (non-hydrogen) atoms. The van der Waals surface area contributed by atoms with E-state index in [1.165, 1.54) is 13.2 Å². The Kier molecular flexibility index (Phi) is 4.22. The normalized spacial score (nSPS) is 10.5. The number of phenolic OH excluding ortho intramolecular Hbond substituents is 1. The maximum Gasteiger partial charge on any atom is 0.267 e. The molecule has 0 unspecified atom stereocenters. The quantitative estimate of drug-likeness (QED) is 0.790. The molecule has 0 atom stereocenters. The van der Waals surface area contributed by atoms with Crippen LogP contribution >= 0.6 is 0 Å². The summed E-state index contributed by atoms with van der Waals surface area (Å²) in [6, 6.07) is 2.54. The van der Waals surface area contributed by atoms with Crippen molar-refractivity contribution in [3.8, 4) is 11.5 Å². The zero-order valence-corrected chi connectivity index (χ0v) is 8.74. The van der Waals surface area contributed by atoms with Crippen molar-refractivity contribution < 1.29 is 23.4 Å². The Morgan fingerprint density at radius 3 is 2.69 bits per heavy atom. The highest BCUT2D eigenvalue weighted by Gasteiger charge is 2.17. The molecule has 0 fully saturated rings. The first kappa shape index (κ1) is 12.4. The van der Waals surface area contributed by atoms with E-state index in [-0.39, 0.29) is 18.6 Å². The summed E-state index contributed by atoms with van der Waals surface area (Å²) in [7, 11) is 1.35. The van der Waals surface area contributed by atoms with Gasteiger partial charge in [-0.25, -0.2) is 8.78 Å². The van der Waals surface area contributed by atoms with Crippen molar-refractivity contribution in [1.82, 2.24) is 0 Å². The predicted octanol–water partition coefficient (Wildman–Crippen LogP) is 2.47. The molecule has 1 aromatic carbocycles. The minimum absolute atomic E-state index is 0.170. The molecule has 1 N–H and O–H groups in total. The third-order valence-corrected chi connectivity index (χ3v) is 2.19. The molecule has 0 aliphatic heterocycles. The number of rotatable bonds is 5. The van der Waals surface area contributed by atoms with E-state index in [1.807, 2.05) is 0 Å². The summed E-state index contributed by atoms with van der Waals surface area (Å²) in [4.78, 5) is 10.2. The smallest absolute Gasteiger partial charge is 0.267 e. The van der Waals surface area contributed by atoms with Gasteiger partial charge in [0.25, 0.3) is 6.43 Å². The number of alkyl halides is 2. The summed E-state index contributed by atoms with van der Waals surface area (Å²) in [6.07, 6.45) is -1.72. The number of hydrogen-bond acceptors (Lipinski definition) is 3. The lowest BCUT2D eigenvalue weighted by Crippen LogP contribution is -1.95. The highest BCUT2D eigenvalue weighted by Crippen LogP contribution is 2.35. The molecule has 0 saturated carbocycles. The maximum absolute atomic E-state index is 12.6. The minimum Gasteiger partial charge on any atom is -0.507 e. The Labute approximate surface area is 91.7 Å². The second-order valence-electron chi connectivity index (χ2n) is 3.23. The van der Waals surface area contributed by atoms with Crippen molar-refractivity contribution in [3.63, 3.8) is 0 Å². The molecule has 5 heteroatoms. The van der Waals surface area contributed by atoms with Crippen LogP contribution in [-0.2, 0) is 11.2 Å². The van der Waals surface area contributed by atoms with Gasteiger partial charge in [0.2, 0.25) is 0 Å². The summed E-state index contributed by atoms with van der Waals surface area (Å²) < 4.78 is 30.0. The molecule has 0 aliphatic carbocycles. The number of benzene rings is 1. The van der Waals surface area contributed by atoms with Gasteiger partial charge in [0.1, 0.15) is 17.8 Å². The maximum atomic E-state index is 12.6. The molecule has 88 valence electrons. The molecule has 0 amide bonds. The Hall–Kier alpha value is -1.65. The lowest BCUT2D eigenvalue weighted by Gasteiger charge is -2.11. The summed E-state index contributed by atoms with van der Waals surface area (Å²) in [5, 5.41) is 9.55. The lowest BCUT2D eigenvalue weighted by molar-refractivity contribution is -0.107. The number of methoxy groups -OCH3 is 1. The Morgan fingerprint density at radius 1 is 1.50 bits per heavy atom. The number of phenols is 1. The zero-order chi connectivity index (χ0) is 12.1. The number of aldehydes is 1. The Morgan fingerprint density at radius 2 is 2.19 bits per heavy atom. The van der Waals surface area contributed by atoms with Crippen LogP contribution < -0.4 is 4.74 Å². The van der Waals surface area contributed by atoms with Crippen molar-refractivity contribution in [2.75, 3.05) is 7.11 Å². The van der Waals surface area contributed by atoms with E-state index in [1.54, 1.807) is 0 Å². The fourth-order valence-electron chi connectivity index (χ4n) is 1.38. The standard InChI is InChI=1S/C11H12F2O3/c1-16-8-5-7(3-2-4-14)10(15)9(6-8)11(12)13/h4-6,11,15H,2-3H2,1H3. The van der Waals surface area contributed by atoms with Crippen molar-refractivity contribution in [2.24, 2.45) is 0 Å². The number of carbonyl (C=O) groups is 1. The largest absolute Gasteiger partial charge is 0.507 e. The molecule has 1 rings (SSSR count). The number of aromatic hydroxyl groups is 1. The van der Waals surface area contributed by atoms with Gasteiger partial charge in [-0.05, 0) is 24.1 Å². The molecular formula is C11H12F2O3. The topological polar surface area (TPSA) is 46.5 Å². The van der Waals surface area contributed by atoms with Gasteiger partial charge in [-0.3, -0.25) is 0 Å². The molecule has 0 aromatic heterocycles. The second-order valence-corrected chi connectivity index (χ2v) is 3.23. The van der Waals surface area contributed by atoms with Gasteiger partial charge in [0.15, 0.2) is 0 Å². The van der Waals surface area contributed by atoms with E-state index in [0.29, 0.717) is 11.8 Å². The van der Waals surface area contributed by atoms with Gasteiger partial charge in [0.05, 0.1) is 12.7 Å². The first-order valence-electron chi connectivity index (χ1n) is 4.71.